The molecule has 0 aliphatic heterocycles. The van der Waals surface area contributed by atoms with Gasteiger partial charge in [0.25, 0.3) is 5.91 Å². The Balaban J connectivity index is 1.85. The molecule has 0 saturated heterocycles. The monoisotopic (exact) mass is 465 g/mol. The van der Waals surface area contributed by atoms with Crippen LogP contribution in [-0.2, 0) is 0 Å². The van der Waals surface area contributed by atoms with Crippen molar-refractivity contribution in [2.75, 3.05) is 19.5 Å². The number of methoxy groups -OCH3 is 2. The first kappa shape index (κ1) is 20.0. The van der Waals surface area contributed by atoms with Crippen molar-refractivity contribution in [1.29, 1.82) is 0 Å². The summed E-state index contributed by atoms with van der Waals surface area (Å²) in [5, 5.41) is 3.04. The molecule has 2 aromatic carbocycles. The Labute approximate surface area is 182 Å². The van der Waals surface area contributed by atoms with E-state index in [1.807, 2.05) is 60.0 Å². The van der Waals surface area contributed by atoms with Crippen molar-refractivity contribution < 1.29 is 14.3 Å². The van der Waals surface area contributed by atoms with Gasteiger partial charge in [-0.15, -0.1) is 0 Å². The highest BCUT2D eigenvalue weighted by Crippen LogP contribution is 2.36. The summed E-state index contributed by atoms with van der Waals surface area (Å²) in [5.41, 5.74) is 3.78. The van der Waals surface area contributed by atoms with Crippen molar-refractivity contribution in [2.45, 2.75) is 6.92 Å². The molecule has 1 N–H and O–H groups in total. The molecule has 0 fully saturated rings. The molecule has 4 rings (SSSR count). The minimum absolute atomic E-state index is 0.221. The molecule has 6 nitrogen and oxygen atoms in total. The lowest BCUT2D eigenvalue weighted by Crippen LogP contribution is -2.14. The van der Waals surface area contributed by atoms with Crippen molar-refractivity contribution in [2.24, 2.45) is 0 Å². The number of amides is 1. The first-order chi connectivity index (χ1) is 14.5. The molecule has 7 heteroatoms. The van der Waals surface area contributed by atoms with E-state index < -0.39 is 0 Å². The SMILES string of the molecule is COc1ccc(-c2nc3ccc(C)cn3c2NC(=O)c2cccc(Br)c2)cc1OC. The van der Waals surface area contributed by atoms with Crippen LogP contribution in [0.3, 0.4) is 0 Å². The normalized spacial score (nSPS) is 10.8. The number of hydrogen-bond donors (Lipinski definition) is 1. The van der Waals surface area contributed by atoms with Crippen LogP contribution in [0.25, 0.3) is 16.9 Å². The van der Waals surface area contributed by atoms with Crippen LogP contribution < -0.4 is 14.8 Å². The maximum Gasteiger partial charge on any atom is 0.256 e. The van der Waals surface area contributed by atoms with Crippen molar-refractivity contribution in [3.8, 4) is 22.8 Å². The fourth-order valence-electron chi connectivity index (χ4n) is 3.26. The average molecular weight is 466 g/mol. The van der Waals surface area contributed by atoms with E-state index in [1.165, 1.54) is 0 Å². The number of imidazole rings is 1. The summed E-state index contributed by atoms with van der Waals surface area (Å²) in [7, 11) is 3.18. The van der Waals surface area contributed by atoms with Crippen LogP contribution in [0.15, 0.2) is 65.3 Å². The Morgan fingerprint density at radius 1 is 1.03 bits per heavy atom. The molecule has 0 unspecified atom stereocenters. The van der Waals surface area contributed by atoms with E-state index in [-0.39, 0.29) is 5.91 Å². The number of pyridine rings is 1. The second-order valence-electron chi connectivity index (χ2n) is 6.78. The van der Waals surface area contributed by atoms with Gasteiger partial charge in [0, 0.05) is 21.8 Å². The summed E-state index contributed by atoms with van der Waals surface area (Å²) >= 11 is 3.42. The van der Waals surface area contributed by atoms with Crippen LogP contribution in [0, 0.1) is 6.92 Å². The van der Waals surface area contributed by atoms with E-state index in [2.05, 4.69) is 21.2 Å². The number of ether oxygens (including phenoxy) is 2. The zero-order chi connectivity index (χ0) is 21.3. The molecule has 30 heavy (non-hydrogen) atoms. The number of rotatable bonds is 5. The summed E-state index contributed by atoms with van der Waals surface area (Å²) in [6.07, 6.45) is 1.95. The van der Waals surface area contributed by atoms with Crippen molar-refractivity contribution in [3.63, 3.8) is 0 Å². The van der Waals surface area contributed by atoms with E-state index in [9.17, 15) is 4.79 Å². The minimum Gasteiger partial charge on any atom is -0.493 e. The van der Waals surface area contributed by atoms with Crippen molar-refractivity contribution >= 4 is 33.3 Å². The van der Waals surface area contributed by atoms with E-state index >= 15 is 0 Å². The zero-order valence-electron chi connectivity index (χ0n) is 16.8. The summed E-state index contributed by atoms with van der Waals surface area (Å²) < 4.78 is 13.5. The number of carbonyl (C=O) groups is 1. The van der Waals surface area contributed by atoms with E-state index in [0.29, 0.717) is 28.6 Å². The number of anilines is 1. The predicted molar refractivity (Wildman–Crippen MR) is 121 cm³/mol. The molecular weight excluding hydrogens is 446 g/mol. The third kappa shape index (κ3) is 3.76. The molecule has 0 atom stereocenters. The summed E-state index contributed by atoms with van der Waals surface area (Å²) in [4.78, 5) is 17.7. The molecule has 152 valence electrons. The number of fused-ring (bicyclic) bond motifs is 1. The van der Waals surface area contributed by atoms with Crippen molar-refractivity contribution in [3.05, 3.63) is 76.4 Å². The lowest BCUT2D eigenvalue weighted by Gasteiger charge is -2.11. The second-order valence-corrected chi connectivity index (χ2v) is 7.69. The van der Waals surface area contributed by atoms with Gasteiger partial charge >= 0.3 is 0 Å². The number of hydrogen-bond acceptors (Lipinski definition) is 4. The molecule has 2 heterocycles. The van der Waals surface area contributed by atoms with Crippen LogP contribution in [-0.4, -0.2) is 29.5 Å². The Hall–Kier alpha value is -3.32. The van der Waals surface area contributed by atoms with Crippen LogP contribution in [0.2, 0.25) is 0 Å². The Bertz CT molecular complexity index is 1250. The van der Waals surface area contributed by atoms with E-state index in [0.717, 1.165) is 21.2 Å². The lowest BCUT2D eigenvalue weighted by molar-refractivity contribution is 0.102. The Morgan fingerprint density at radius 3 is 2.57 bits per heavy atom. The molecule has 0 aliphatic rings. The number of carbonyl (C=O) groups excluding carboxylic acids is 1. The van der Waals surface area contributed by atoms with Gasteiger partial charge in [-0.3, -0.25) is 9.20 Å². The summed E-state index contributed by atoms with van der Waals surface area (Å²) in [6, 6.07) is 16.7. The predicted octanol–water partition coefficient (Wildman–Crippen LogP) is 5.34. The van der Waals surface area contributed by atoms with Gasteiger partial charge in [0.2, 0.25) is 0 Å². The molecule has 4 aromatic rings. The average Bonchev–Trinajstić information content (AvgIpc) is 3.10. The second kappa shape index (κ2) is 8.20. The highest BCUT2D eigenvalue weighted by molar-refractivity contribution is 9.10. The number of nitrogens with zero attached hydrogens (tertiary/aromatic N) is 2. The zero-order valence-corrected chi connectivity index (χ0v) is 18.4. The third-order valence-electron chi connectivity index (χ3n) is 4.74. The molecular formula is C23H20BrN3O3. The van der Waals surface area contributed by atoms with Gasteiger partial charge in [-0.2, -0.15) is 0 Å². The number of aromatic nitrogens is 2. The van der Waals surface area contributed by atoms with E-state index in [4.69, 9.17) is 14.5 Å². The lowest BCUT2D eigenvalue weighted by atomic mass is 10.1. The first-order valence-electron chi connectivity index (χ1n) is 9.28. The molecule has 0 spiro atoms. The smallest absolute Gasteiger partial charge is 0.256 e. The molecule has 1 amide bonds. The van der Waals surface area contributed by atoms with Gasteiger partial charge in [0.05, 0.1) is 14.2 Å². The van der Waals surface area contributed by atoms with Crippen LogP contribution in [0.5, 0.6) is 11.5 Å². The topological polar surface area (TPSA) is 64.9 Å². The van der Waals surface area contributed by atoms with Crippen LogP contribution in [0.1, 0.15) is 15.9 Å². The van der Waals surface area contributed by atoms with Gasteiger partial charge in [0.1, 0.15) is 17.2 Å². The largest absolute Gasteiger partial charge is 0.493 e. The summed E-state index contributed by atoms with van der Waals surface area (Å²) in [6.45, 7) is 2.00. The first-order valence-corrected chi connectivity index (χ1v) is 10.1. The Morgan fingerprint density at radius 2 is 1.83 bits per heavy atom. The fourth-order valence-corrected chi connectivity index (χ4v) is 3.66. The maximum absolute atomic E-state index is 13.0. The summed E-state index contributed by atoms with van der Waals surface area (Å²) in [5.74, 6) is 1.58. The minimum atomic E-state index is -0.221. The highest BCUT2D eigenvalue weighted by Gasteiger charge is 2.19. The van der Waals surface area contributed by atoms with Gasteiger partial charge < -0.3 is 14.8 Å². The molecule has 2 aromatic heterocycles. The van der Waals surface area contributed by atoms with Gasteiger partial charge in [-0.25, -0.2) is 4.98 Å². The van der Waals surface area contributed by atoms with E-state index in [1.54, 1.807) is 26.4 Å². The molecule has 0 radical (unpaired) electrons. The molecule has 0 saturated carbocycles. The van der Waals surface area contributed by atoms with Crippen LogP contribution in [0.4, 0.5) is 5.82 Å². The number of halogens is 1. The standard InChI is InChI=1S/C23H20BrN3O3/c1-14-7-10-20-25-21(15-8-9-18(29-2)19(12-15)30-3)22(27(20)13-14)26-23(28)16-5-4-6-17(24)11-16/h4-13H,1-3H3,(H,26,28). The molecule has 0 aliphatic carbocycles. The van der Waals surface area contributed by atoms with Gasteiger partial charge in [-0.05, 0) is 55.0 Å². The van der Waals surface area contributed by atoms with Crippen LogP contribution >= 0.6 is 15.9 Å². The van der Waals surface area contributed by atoms with Gasteiger partial charge in [-0.1, -0.05) is 28.1 Å². The maximum atomic E-state index is 13.0. The quantitative estimate of drug-likeness (QED) is 0.431. The number of benzene rings is 2. The number of aryl methyl sites for hydroxylation is 1. The third-order valence-corrected chi connectivity index (χ3v) is 5.24. The molecule has 0 bridgehead atoms. The fraction of sp³-hybridized carbons (Fsp3) is 0.130. The highest BCUT2D eigenvalue weighted by atomic mass is 79.9. The van der Waals surface area contributed by atoms with Gasteiger partial charge in [0.15, 0.2) is 11.5 Å². The Kier molecular flexibility index (Phi) is 5.46. The number of nitrogens with one attached hydrogen (secondary N) is 1. The van der Waals surface area contributed by atoms with Crippen molar-refractivity contribution in [1.82, 2.24) is 9.38 Å².